The lowest BCUT2D eigenvalue weighted by molar-refractivity contribution is 0.603. The van der Waals surface area contributed by atoms with Crippen molar-refractivity contribution in [2.75, 3.05) is 4.72 Å². The van der Waals surface area contributed by atoms with Crippen LogP contribution in [0.15, 0.2) is 62.9 Å². The summed E-state index contributed by atoms with van der Waals surface area (Å²) in [4.78, 5) is 10.1. The number of anilines is 1. The van der Waals surface area contributed by atoms with Gasteiger partial charge in [0.1, 0.15) is 15.4 Å². The number of benzene rings is 1. The van der Waals surface area contributed by atoms with E-state index in [4.69, 9.17) is 0 Å². The topological polar surface area (TPSA) is 72.0 Å². The van der Waals surface area contributed by atoms with Gasteiger partial charge in [0.15, 0.2) is 5.82 Å². The van der Waals surface area contributed by atoms with E-state index in [0.29, 0.717) is 5.39 Å². The third kappa shape index (κ3) is 3.32. The normalized spacial score (nSPS) is 11.7. The standard InChI is InChI=1S/C16H10BrN3O2S3/c17-13-6-7-14(24-13)25(21,22)20-15-11-8-12(10-4-2-1-3-5-10)23-16(11)19-9-18-15/h1-9H,(H,18,19,20). The number of hydrogen-bond donors (Lipinski definition) is 1. The molecule has 126 valence electrons. The van der Waals surface area contributed by atoms with Gasteiger partial charge in [-0.15, -0.1) is 22.7 Å². The SMILES string of the molecule is O=S(=O)(Nc1ncnc2sc(-c3ccccc3)cc12)c1ccc(Br)s1. The minimum atomic E-state index is -3.69. The second-order valence-electron chi connectivity index (χ2n) is 5.08. The zero-order valence-corrected chi connectivity index (χ0v) is 16.5. The van der Waals surface area contributed by atoms with Crippen molar-refractivity contribution in [2.24, 2.45) is 0 Å². The molecule has 0 saturated carbocycles. The highest BCUT2D eigenvalue weighted by Gasteiger charge is 2.20. The first kappa shape index (κ1) is 16.6. The van der Waals surface area contributed by atoms with E-state index in [1.807, 2.05) is 36.4 Å². The maximum absolute atomic E-state index is 12.6. The molecule has 0 amide bonds. The zero-order chi connectivity index (χ0) is 17.4. The summed E-state index contributed by atoms with van der Waals surface area (Å²) < 4.78 is 28.7. The molecule has 1 aromatic carbocycles. The highest BCUT2D eigenvalue weighted by Crippen LogP contribution is 2.36. The van der Waals surface area contributed by atoms with Gasteiger partial charge in [-0.25, -0.2) is 18.4 Å². The second-order valence-corrected chi connectivity index (χ2v) is 10.5. The van der Waals surface area contributed by atoms with Crippen LogP contribution in [0.1, 0.15) is 0 Å². The minimum absolute atomic E-state index is 0.227. The van der Waals surface area contributed by atoms with Crippen LogP contribution in [0.3, 0.4) is 0 Å². The summed E-state index contributed by atoms with van der Waals surface area (Å²) in [7, 11) is -3.69. The molecule has 0 fully saturated rings. The number of thiophene rings is 2. The van der Waals surface area contributed by atoms with Crippen molar-refractivity contribution in [3.05, 3.63) is 58.6 Å². The summed E-state index contributed by atoms with van der Waals surface area (Å²) in [6.45, 7) is 0. The van der Waals surface area contributed by atoms with Gasteiger partial charge in [0, 0.05) is 4.88 Å². The van der Waals surface area contributed by atoms with Crippen LogP contribution in [0.4, 0.5) is 5.82 Å². The molecule has 0 bridgehead atoms. The lowest BCUT2D eigenvalue weighted by atomic mass is 10.2. The van der Waals surface area contributed by atoms with Gasteiger partial charge >= 0.3 is 0 Å². The average molecular weight is 452 g/mol. The summed E-state index contributed by atoms with van der Waals surface area (Å²) in [5.41, 5.74) is 1.06. The monoisotopic (exact) mass is 451 g/mol. The molecule has 0 spiro atoms. The Morgan fingerprint density at radius 2 is 1.80 bits per heavy atom. The van der Waals surface area contributed by atoms with Gasteiger partial charge in [0.2, 0.25) is 0 Å². The Balaban J connectivity index is 1.77. The van der Waals surface area contributed by atoms with Crippen LogP contribution < -0.4 is 4.72 Å². The molecule has 3 heterocycles. The first-order valence-corrected chi connectivity index (χ1v) is 11.0. The number of hydrogen-bond acceptors (Lipinski definition) is 6. The van der Waals surface area contributed by atoms with Gasteiger partial charge in [-0.1, -0.05) is 30.3 Å². The molecular formula is C16H10BrN3O2S3. The van der Waals surface area contributed by atoms with Crippen LogP contribution in [-0.4, -0.2) is 18.4 Å². The summed E-state index contributed by atoms with van der Waals surface area (Å²) in [6.07, 6.45) is 1.37. The first-order valence-electron chi connectivity index (χ1n) is 7.11. The zero-order valence-electron chi connectivity index (χ0n) is 12.5. The Kier molecular flexibility index (Phi) is 4.32. The van der Waals surface area contributed by atoms with E-state index in [0.717, 1.165) is 30.4 Å². The lowest BCUT2D eigenvalue weighted by Gasteiger charge is -2.05. The Bertz CT molecular complexity index is 1150. The predicted molar refractivity (Wildman–Crippen MR) is 106 cm³/mol. The molecule has 0 aliphatic rings. The molecule has 4 aromatic rings. The Morgan fingerprint density at radius 3 is 2.52 bits per heavy atom. The summed E-state index contributed by atoms with van der Waals surface area (Å²) in [6, 6.07) is 15.1. The quantitative estimate of drug-likeness (QED) is 0.474. The number of rotatable bonds is 4. The molecule has 0 unspecified atom stereocenters. The van der Waals surface area contributed by atoms with Crippen LogP contribution in [-0.2, 0) is 10.0 Å². The number of halogens is 1. The van der Waals surface area contributed by atoms with Crippen molar-refractivity contribution < 1.29 is 8.42 Å². The van der Waals surface area contributed by atoms with Gasteiger partial charge in [0.05, 0.1) is 9.17 Å². The third-order valence-electron chi connectivity index (χ3n) is 3.43. The van der Waals surface area contributed by atoms with Crippen LogP contribution in [0, 0.1) is 0 Å². The largest absolute Gasteiger partial charge is 0.272 e. The molecule has 0 aliphatic carbocycles. The molecule has 0 radical (unpaired) electrons. The molecular weight excluding hydrogens is 442 g/mol. The van der Waals surface area contributed by atoms with Gasteiger partial charge in [0.25, 0.3) is 10.0 Å². The van der Waals surface area contributed by atoms with Crippen molar-refractivity contribution >= 4 is 64.7 Å². The highest BCUT2D eigenvalue weighted by atomic mass is 79.9. The van der Waals surface area contributed by atoms with E-state index < -0.39 is 10.0 Å². The van der Waals surface area contributed by atoms with E-state index in [1.165, 1.54) is 17.7 Å². The fraction of sp³-hybridized carbons (Fsp3) is 0. The van der Waals surface area contributed by atoms with E-state index >= 15 is 0 Å². The van der Waals surface area contributed by atoms with Crippen molar-refractivity contribution in [1.29, 1.82) is 0 Å². The number of nitrogens with one attached hydrogen (secondary N) is 1. The lowest BCUT2D eigenvalue weighted by Crippen LogP contribution is -2.12. The van der Waals surface area contributed by atoms with Gasteiger partial charge < -0.3 is 0 Å². The fourth-order valence-electron chi connectivity index (χ4n) is 2.30. The Hall–Kier alpha value is -1.81. The van der Waals surface area contributed by atoms with Gasteiger partial charge in [-0.2, -0.15) is 0 Å². The Labute approximate surface area is 160 Å². The van der Waals surface area contributed by atoms with Crippen molar-refractivity contribution in [3.63, 3.8) is 0 Å². The highest BCUT2D eigenvalue weighted by molar-refractivity contribution is 9.11. The Morgan fingerprint density at radius 1 is 1.00 bits per heavy atom. The van der Waals surface area contributed by atoms with Gasteiger partial charge in [-0.05, 0) is 39.7 Å². The molecule has 0 saturated heterocycles. The summed E-state index contributed by atoms with van der Waals surface area (Å²) >= 11 is 5.93. The second kappa shape index (κ2) is 6.49. The number of nitrogens with zero attached hydrogens (tertiary/aromatic N) is 2. The molecule has 3 aromatic heterocycles. The van der Waals surface area contributed by atoms with E-state index in [9.17, 15) is 8.42 Å². The average Bonchev–Trinajstić information content (AvgIpc) is 3.23. The molecule has 25 heavy (non-hydrogen) atoms. The van der Waals surface area contributed by atoms with E-state index in [-0.39, 0.29) is 10.0 Å². The van der Waals surface area contributed by atoms with E-state index in [1.54, 1.807) is 12.1 Å². The predicted octanol–water partition coefficient (Wildman–Crippen LogP) is 4.98. The number of aromatic nitrogens is 2. The first-order chi connectivity index (χ1) is 12.0. The molecule has 4 rings (SSSR count). The van der Waals surface area contributed by atoms with Crippen LogP contribution in [0.5, 0.6) is 0 Å². The fourth-order valence-corrected chi connectivity index (χ4v) is 6.34. The molecule has 0 aliphatic heterocycles. The number of fused-ring (bicyclic) bond motifs is 1. The van der Waals surface area contributed by atoms with Crippen molar-refractivity contribution in [1.82, 2.24) is 9.97 Å². The van der Waals surface area contributed by atoms with Crippen LogP contribution >= 0.6 is 38.6 Å². The van der Waals surface area contributed by atoms with Gasteiger partial charge in [-0.3, -0.25) is 4.72 Å². The minimum Gasteiger partial charge on any atom is -0.262 e. The molecule has 1 N–H and O–H groups in total. The summed E-state index contributed by atoms with van der Waals surface area (Å²) in [5.74, 6) is 0.285. The van der Waals surface area contributed by atoms with Crippen LogP contribution in [0.25, 0.3) is 20.7 Å². The van der Waals surface area contributed by atoms with Crippen molar-refractivity contribution in [2.45, 2.75) is 4.21 Å². The summed E-state index contributed by atoms with van der Waals surface area (Å²) in [5, 5.41) is 0.686. The van der Waals surface area contributed by atoms with Crippen LogP contribution in [0.2, 0.25) is 0 Å². The molecule has 0 atom stereocenters. The number of sulfonamides is 1. The maximum atomic E-state index is 12.6. The van der Waals surface area contributed by atoms with Crippen molar-refractivity contribution in [3.8, 4) is 10.4 Å². The maximum Gasteiger partial charge on any atom is 0.272 e. The molecule has 5 nitrogen and oxygen atoms in total. The smallest absolute Gasteiger partial charge is 0.262 e. The third-order valence-corrected chi connectivity index (χ3v) is 7.98. The molecule has 9 heteroatoms. The van der Waals surface area contributed by atoms with E-state index in [2.05, 4.69) is 30.6 Å².